The molecule has 0 saturated carbocycles. The van der Waals surface area contributed by atoms with Crippen LogP contribution in [-0.2, 0) is 10.8 Å². The van der Waals surface area contributed by atoms with Crippen molar-refractivity contribution >= 4 is 48.6 Å². The average molecular weight is 710 g/mol. The number of anilines is 3. The zero-order chi connectivity index (χ0) is 36.3. The minimum atomic E-state index is -0.498. The van der Waals surface area contributed by atoms with Gasteiger partial charge in [-0.1, -0.05) is 172 Å². The standard InChI is InChI=1S/C52H39NS/c1-51(2)46-27-12-9-23-42(46)43-24-10-13-28-47(43)52(51,48-29-16-26-45-44-25-11-14-30-49(44)54-50(45)48)38-31-33-40(34-32-38)53(39-20-7-4-8-21-39)41-22-15-19-37(35-41)36-17-5-3-6-18-36/h3-35H,1-2H3. The summed E-state index contributed by atoms with van der Waals surface area (Å²) < 4.78 is 2.68. The van der Waals surface area contributed by atoms with Gasteiger partial charge in [0.1, 0.15) is 0 Å². The third-order valence-corrected chi connectivity index (χ3v) is 13.0. The Balaban J connectivity index is 1.23. The van der Waals surface area contributed by atoms with E-state index in [0.29, 0.717) is 0 Å². The highest BCUT2D eigenvalue weighted by atomic mass is 32.1. The number of rotatable bonds is 6. The highest BCUT2D eigenvalue weighted by molar-refractivity contribution is 7.26. The molecule has 1 aliphatic carbocycles. The molecule has 0 aliphatic heterocycles. The van der Waals surface area contributed by atoms with E-state index >= 15 is 0 Å². The summed E-state index contributed by atoms with van der Waals surface area (Å²) in [4.78, 5) is 2.38. The van der Waals surface area contributed by atoms with E-state index in [-0.39, 0.29) is 5.41 Å². The molecule has 0 radical (unpaired) electrons. The van der Waals surface area contributed by atoms with Crippen LogP contribution in [0.4, 0.5) is 17.1 Å². The van der Waals surface area contributed by atoms with Crippen molar-refractivity contribution in [1.29, 1.82) is 0 Å². The molecular weight excluding hydrogens is 671 g/mol. The molecule has 54 heavy (non-hydrogen) atoms. The van der Waals surface area contributed by atoms with Crippen molar-refractivity contribution in [1.82, 2.24) is 0 Å². The Bertz CT molecular complexity index is 2800. The first-order chi connectivity index (χ1) is 26.6. The minimum absolute atomic E-state index is 0.312. The number of thiophene rings is 1. The van der Waals surface area contributed by atoms with Crippen LogP contribution in [0.25, 0.3) is 42.4 Å². The van der Waals surface area contributed by atoms with Crippen LogP contribution < -0.4 is 4.90 Å². The van der Waals surface area contributed by atoms with Crippen LogP contribution in [0.2, 0.25) is 0 Å². The van der Waals surface area contributed by atoms with Crippen LogP contribution in [0.5, 0.6) is 0 Å². The predicted molar refractivity (Wildman–Crippen MR) is 231 cm³/mol. The Hall–Kier alpha value is -6.22. The number of hydrogen-bond acceptors (Lipinski definition) is 2. The molecule has 0 amide bonds. The number of para-hydroxylation sites is 1. The molecule has 8 aromatic carbocycles. The fourth-order valence-electron chi connectivity index (χ4n) is 9.38. The number of fused-ring (bicyclic) bond motifs is 6. The van der Waals surface area contributed by atoms with Crippen molar-refractivity contribution < 1.29 is 0 Å². The van der Waals surface area contributed by atoms with Gasteiger partial charge in [-0.05, 0) is 87.0 Å². The lowest BCUT2D eigenvalue weighted by atomic mass is 9.49. The van der Waals surface area contributed by atoms with Gasteiger partial charge in [-0.25, -0.2) is 0 Å². The summed E-state index contributed by atoms with van der Waals surface area (Å²) in [5.41, 5.74) is 12.9. The topological polar surface area (TPSA) is 3.24 Å². The Kier molecular flexibility index (Phi) is 7.64. The summed E-state index contributed by atoms with van der Waals surface area (Å²) in [7, 11) is 0. The molecule has 1 heterocycles. The number of nitrogens with zero attached hydrogens (tertiary/aromatic N) is 1. The van der Waals surface area contributed by atoms with Gasteiger partial charge in [0.05, 0.1) is 5.41 Å². The van der Waals surface area contributed by atoms with Crippen molar-refractivity contribution in [3.05, 3.63) is 222 Å². The molecule has 0 saturated heterocycles. The van der Waals surface area contributed by atoms with E-state index in [0.717, 1.165) is 17.1 Å². The van der Waals surface area contributed by atoms with E-state index in [1.54, 1.807) is 0 Å². The average Bonchev–Trinajstić information content (AvgIpc) is 3.62. The molecule has 1 unspecified atom stereocenters. The Labute approximate surface area is 321 Å². The van der Waals surface area contributed by atoms with Gasteiger partial charge in [-0.2, -0.15) is 0 Å². The van der Waals surface area contributed by atoms with E-state index in [2.05, 4.69) is 219 Å². The maximum atomic E-state index is 2.47. The van der Waals surface area contributed by atoms with Crippen molar-refractivity contribution in [2.75, 3.05) is 4.90 Å². The summed E-state index contributed by atoms with van der Waals surface area (Å²) in [6.07, 6.45) is 0. The van der Waals surface area contributed by atoms with Crippen LogP contribution in [0.3, 0.4) is 0 Å². The molecule has 0 fully saturated rings. The van der Waals surface area contributed by atoms with Crippen molar-refractivity contribution in [2.45, 2.75) is 24.7 Å². The minimum Gasteiger partial charge on any atom is -0.310 e. The lowest BCUT2D eigenvalue weighted by Crippen LogP contribution is -2.49. The summed E-state index contributed by atoms with van der Waals surface area (Å²) in [6.45, 7) is 4.93. The second-order valence-corrected chi connectivity index (χ2v) is 15.9. The molecule has 2 heteroatoms. The molecule has 0 N–H and O–H groups in total. The van der Waals surface area contributed by atoms with Crippen molar-refractivity contribution in [3.8, 4) is 22.3 Å². The first kappa shape index (κ1) is 32.4. The number of hydrogen-bond donors (Lipinski definition) is 0. The molecule has 1 atom stereocenters. The first-order valence-electron chi connectivity index (χ1n) is 18.8. The molecule has 0 bridgehead atoms. The van der Waals surface area contributed by atoms with Gasteiger partial charge in [0, 0.05) is 42.6 Å². The Morgan fingerprint density at radius 3 is 1.72 bits per heavy atom. The summed E-state index contributed by atoms with van der Waals surface area (Å²) in [6, 6.07) is 73.8. The van der Waals surface area contributed by atoms with Gasteiger partial charge in [-0.3, -0.25) is 0 Å². The molecule has 1 aromatic heterocycles. The molecule has 9 aromatic rings. The highest BCUT2D eigenvalue weighted by Gasteiger charge is 2.55. The van der Waals surface area contributed by atoms with Crippen LogP contribution in [0.1, 0.15) is 36.1 Å². The van der Waals surface area contributed by atoms with Gasteiger partial charge < -0.3 is 4.90 Å². The Morgan fingerprint density at radius 1 is 0.407 bits per heavy atom. The second-order valence-electron chi connectivity index (χ2n) is 14.9. The maximum Gasteiger partial charge on any atom is 0.0562 e. The van der Waals surface area contributed by atoms with Crippen molar-refractivity contribution in [2.24, 2.45) is 0 Å². The zero-order valence-corrected chi connectivity index (χ0v) is 31.2. The van der Waals surface area contributed by atoms with Gasteiger partial charge in [0.25, 0.3) is 0 Å². The lowest BCUT2D eigenvalue weighted by molar-refractivity contribution is 0.356. The molecule has 1 nitrogen and oxygen atoms in total. The molecule has 10 rings (SSSR count). The van der Waals surface area contributed by atoms with Gasteiger partial charge in [-0.15, -0.1) is 11.3 Å². The second kappa shape index (κ2) is 12.7. The van der Waals surface area contributed by atoms with Crippen LogP contribution >= 0.6 is 11.3 Å². The van der Waals surface area contributed by atoms with Crippen LogP contribution in [0, 0.1) is 0 Å². The molecule has 0 spiro atoms. The van der Waals surface area contributed by atoms with E-state index in [9.17, 15) is 0 Å². The monoisotopic (exact) mass is 709 g/mol. The number of benzene rings is 8. The third-order valence-electron chi connectivity index (χ3n) is 11.8. The van der Waals surface area contributed by atoms with Gasteiger partial charge >= 0.3 is 0 Å². The summed E-state index contributed by atoms with van der Waals surface area (Å²) in [5, 5.41) is 2.65. The fourth-order valence-corrected chi connectivity index (χ4v) is 10.7. The summed E-state index contributed by atoms with van der Waals surface area (Å²) >= 11 is 1.93. The maximum absolute atomic E-state index is 2.47. The Morgan fingerprint density at radius 2 is 0.944 bits per heavy atom. The van der Waals surface area contributed by atoms with E-state index in [1.807, 2.05) is 11.3 Å². The summed E-state index contributed by atoms with van der Waals surface area (Å²) in [5.74, 6) is 0. The molecule has 1 aliphatic rings. The van der Waals surface area contributed by atoms with E-state index in [1.165, 1.54) is 64.7 Å². The highest BCUT2D eigenvalue weighted by Crippen LogP contribution is 2.62. The SMILES string of the molecule is CC1(C)c2ccccc2-c2ccccc2C1(c1ccc(N(c2ccccc2)c2cccc(-c3ccccc3)c2)cc1)c1cccc2c1sc1ccccc12. The first-order valence-corrected chi connectivity index (χ1v) is 19.6. The lowest BCUT2D eigenvalue weighted by Gasteiger charge is -2.53. The van der Waals surface area contributed by atoms with E-state index < -0.39 is 5.41 Å². The quantitative estimate of drug-likeness (QED) is 0.166. The van der Waals surface area contributed by atoms with Crippen LogP contribution in [-0.4, -0.2) is 0 Å². The predicted octanol–water partition coefficient (Wildman–Crippen LogP) is 14.5. The van der Waals surface area contributed by atoms with E-state index in [4.69, 9.17) is 0 Å². The van der Waals surface area contributed by atoms with Crippen molar-refractivity contribution in [3.63, 3.8) is 0 Å². The molecular formula is C52H39NS. The normalized spacial score (nSPS) is 15.8. The van der Waals surface area contributed by atoms with Crippen LogP contribution in [0.15, 0.2) is 200 Å². The third kappa shape index (κ3) is 4.84. The fraction of sp³-hybridized carbons (Fsp3) is 0.0769. The largest absolute Gasteiger partial charge is 0.310 e. The van der Waals surface area contributed by atoms with Gasteiger partial charge in [0.15, 0.2) is 0 Å². The smallest absolute Gasteiger partial charge is 0.0562 e. The zero-order valence-electron chi connectivity index (χ0n) is 30.4. The van der Waals surface area contributed by atoms with Gasteiger partial charge in [0.2, 0.25) is 0 Å². The molecule has 258 valence electrons.